The van der Waals surface area contributed by atoms with Gasteiger partial charge in [0.05, 0.1) is 0 Å². The van der Waals surface area contributed by atoms with Crippen molar-refractivity contribution in [3.8, 4) is 0 Å². The number of carbonyl (C=O) groups is 2. The van der Waals surface area contributed by atoms with E-state index in [-0.39, 0.29) is 48.0 Å². The van der Waals surface area contributed by atoms with E-state index in [4.69, 9.17) is 0 Å². The first-order valence-electron chi connectivity index (χ1n) is 10.7. The van der Waals surface area contributed by atoms with Crippen LogP contribution in [0.15, 0.2) is 30.3 Å². The van der Waals surface area contributed by atoms with Crippen LogP contribution in [-0.4, -0.2) is 62.5 Å². The van der Waals surface area contributed by atoms with Crippen LogP contribution >= 0.6 is 24.8 Å². The number of para-hydroxylation sites is 1. The van der Waals surface area contributed by atoms with Crippen LogP contribution in [0.5, 0.6) is 0 Å². The Morgan fingerprint density at radius 1 is 1.03 bits per heavy atom. The molecule has 2 saturated heterocycles. The van der Waals surface area contributed by atoms with E-state index in [1.54, 1.807) is 0 Å². The zero-order chi connectivity index (χ0) is 19.4. The molecule has 6 nitrogen and oxygen atoms in total. The molecule has 168 valence electrons. The van der Waals surface area contributed by atoms with Crippen molar-refractivity contribution >= 4 is 42.3 Å². The smallest absolute Gasteiger partial charge is 0.223 e. The summed E-state index contributed by atoms with van der Waals surface area (Å²) in [6, 6.07) is 10.4. The van der Waals surface area contributed by atoms with Crippen LogP contribution in [0.25, 0.3) is 0 Å². The molecule has 3 aliphatic rings. The zero-order valence-electron chi connectivity index (χ0n) is 17.5. The predicted octanol–water partition coefficient (Wildman–Crippen LogP) is 2.46. The summed E-state index contributed by atoms with van der Waals surface area (Å²) >= 11 is 0. The van der Waals surface area contributed by atoms with Gasteiger partial charge in [-0.2, -0.15) is 0 Å². The summed E-state index contributed by atoms with van der Waals surface area (Å²) in [7, 11) is 0. The van der Waals surface area contributed by atoms with E-state index < -0.39 is 0 Å². The van der Waals surface area contributed by atoms with E-state index in [2.05, 4.69) is 39.8 Å². The standard InChI is InChI=1S/C22H32N4O2.2ClH/c27-20(26-15-13-25(14-16-26)18-5-2-1-3-6-18)7-4-10-24-21(28)19-17-22(19)8-11-23-12-9-22;;/h1-3,5-6,19,23H,4,7-17H2,(H,24,28);2*1H. The van der Waals surface area contributed by atoms with Gasteiger partial charge in [0.25, 0.3) is 0 Å². The van der Waals surface area contributed by atoms with Crippen LogP contribution in [0, 0.1) is 11.3 Å². The molecule has 1 unspecified atom stereocenters. The third-order valence-electron chi connectivity index (χ3n) is 6.73. The van der Waals surface area contributed by atoms with Gasteiger partial charge in [-0.25, -0.2) is 0 Å². The van der Waals surface area contributed by atoms with Gasteiger partial charge in [0.15, 0.2) is 0 Å². The molecule has 2 N–H and O–H groups in total. The van der Waals surface area contributed by atoms with E-state index in [0.717, 1.165) is 65.0 Å². The monoisotopic (exact) mass is 456 g/mol. The molecular weight excluding hydrogens is 423 g/mol. The Morgan fingerprint density at radius 2 is 1.70 bits per heavy atom. The second-order valence-corrected chi connectivity index (χ2v) is 8.47. The van der Waals surface area contributed by atoms with Crippen molar-refractivity contribution in [3.05, 3.63) is 30.3 Å². The first kappa shape index (κ1) is 24.8. The summed E-state index contributed by atoms with van der Waals surface area (Å²) in [5.41, 5.74) is 1.51. The topological polar surface area (TPSA) is 64.7 Å². The normalized spacial score (nSPS) is 21.9. The van der Waals surface area contributed by atoms with Gasteiger partial charge < -0.3 is 20.4 Å². The molecule has 0 bridgehead atoms. The number of halogens is 2. The fraction of sp³-hybridized carbons (Fsp3) is 0.636. The Hall–Kier alpha value is -1.50. The van der Waals surface area contributed by atoms with Crippen LogP contribution in [0.3, 0.4) is 0 Å². The lowest BCUT2D eigenvalue weighted by Crippen LogP contribution is -2.48. The van der Waals surface area contributed by atoms with Crippen molar-refractivity contribution in [1.29, 1.82) is 0 Å². The number of nitrogens with zero attached hydrogens (tertiary/aromatic N) is 2. The van der Waals surface area contributed by atoms with Gasteiger partial charge in [0, 0.05) is 50.7 Å². The average Bonchev–Trinajstić information content (AvgIpc) is 3.45. The van der Waals surface area contributed by atoms with E-state index in [1.165, 1.54) is 5.69 Å². The molecule has 2 heterocycles. The van der Waals surface area contributed by atoms with E-state index in [1.807, 2.05) is 11.0 Å². The molecule has 1 saturated carbocycles. The Labute approximate surface area is 192 Å². The van der Waals surface area contributed by atoms with Crippen molar-refractivity contribution in [3.63, 3.8) is 0 Å². The molecule has 4 rings (SSSR count). The summed E-state index contributed by atoms with van der Waals surface area (Å²) in [6.07, 6.45) is 4.54. The molecule has 2 aliphatic heterocycles. The Balaban J connectivity index is 0.00000160. The number of hydrogen-bond donors (Lipinski definition) is 2. The van der Waals surface area contributed by atoms with Gasteiger partial charge in [-0.1, -0.05) is 18.2 Å². The molecule has 3 fully saturated rings. The van der Waals surface area contributed by atoms with Crippen molar-refractivity contribution in [2.75, 3.05) is 50.7 Å². The molecule has 30 heavy (non-hydrogen) atoms. The second-order valence-electron chi connectivity index (χ2n) is 8.47. The molecular formula is C22H34Cl2N4O2. The molecule has 1 aliphatic carbocycles. The number of amides is 2. The van der Waals surface area contributed by atoms with Crippen LogP contribution in [0.4, 0.5) is 5.69 Å². The summed E-state index contributed by atoms with van der Waals surface area (Å²) in [5.74, 6) is 0.616. The van der Waals surface area contributed by atoms with E-state index >= 15 is 0 Å². The molecule has 0 aromatic heterocycles. The highest BCUT2D eigenvalue weighted by molar-refractivity contribution is 5.85. The SMILES string of the molecule is Cl.Cl.O=C(NCCCC(=O)N1CCN(c2ccccc2)CC1)C1CC12CCNCC2. The van der Waals surface area contributed by atoms with Crippen LogP contribution < -0.4 is 15.5 Å². The van der Waals surface area contributed by atoms with Crippen LogP contribution in [0.2, 0.25) is 0 Å². The lowest BCUT2D eigenvalue weighted by molar-refractivity contribution is -0.132. The molecule has 1 atom stereocenters. The number of carbonyl (C=O) groups excluding carboxylic acids is 2. The third-order valence-corrected chi connectivity index (χ3v) is 6.73. The van der Waals surface area contributed by atoms with Gasteiger partial charge in [-0.15, -0.1) is 24.8 Å². The van der Waals surface area contributed by atoms with Gasteiger partial charge in [-0.3, -0.25) is 9.59 Å². The quantitative estimate of drug-likeness (QED) is 0.645. The lowest BCUT2D eigenvalue weighted by atomic mass is 9.92. The van der Waals surface area contributed by atoms with E-state index in [0.29, 0.717) is 13.0 Å². The van der Waals surface area contributed by atoms with Gasteiger partial charge in [-0.05, 0) is 56.3 Å². The maximum absolute atomic E-state index is 12.5. The minimum absolute atomic E-state index is 0. The van der Waals surface area contributed by atoms with Gasteiger partial charge >= 0.3 is 0 Å². The second kappa shape index (κ2) is 11.2. The zero-order valence-corrected chi connectivity index (χ0v) is 19.1. The number of rotatable bonds is 6. The Kier molecular flexibility index (Phi) is 9.26. The van der Waals surface area contributed by atoms with Crippen LogP contribution in [0.1, 0.15) is 32.1 Å². The Bertz CT molecular complexity index is 690. The number of hydrogen-bond acceptors (Lipinski definition) is 4. The van der Waals surface area contributed by atoms with Crippen molar-refractivity contribution < 1.29 is 9.59 Å². The number of nitrogens with one attached hydrogen (secondary N) is 2. The summed E-state index contributed by atoms with van der Waals surface area (Å²) < 4.78 is 0. The molecule has 0 radical (unpaired) electrons. The average molecular weight is 457 g/mol. The number of piperidine rings is 1. The summed E-state index contributed by atoms with van der Waals surface area (Å²) in [6.45, 7) is 6.00. The molecule has 1 spiro atoms. The maximum atomic E-state index is 12.5. The molecule has 1 aromatic rings. The minimum atomic E-state index is 0. The van der Waals surface area contributed by atoms with Crippen molar-refractivity contribution in [2.45, 2.75) is 32.1 Å². The highest BCUT2D eigenvalue weighted by Crippen LogP contribution is 2.58. The van der Waals surface area contributed by atoms with Crippen LogP contribution in [-0.2, 0) is 9.59 Å². The first-order valence-corrected chi connectivity index (χ1v) is 10.7. The fourth-order valence-corrected chi connectivity index (χ4v) is 4.78. The molecule has 1 aromatic carbocycles. The fourth-order valence-electron chi connectivity index (χ4n) is 4.78. The number of benzene rings is 1. The van der Waals surface area contributed by atoms with Crippen molar-refractivity contribution in [2.24, 2.45) is 11.3 Å². The minimum Gasteiger partial charge on any atom is -0.368 e. The van der Waals surface area contributed by atoms with Gasteiger partial charge in [0.2, 0.25) is 11.8 Å². The van der Waals surface area contributed by atoms with Crippen molar-refractivity contribution in [1.82, 2.24) is 15.5 Å². The third kappa shape index (κ3) is 5.80. The lowest BCUT2D eigenvalue weighted by Gasteiger charge is -2.36. The summed E-state index contributed by atoms with van der Waals surface area (Å²) in [5, 5.41) is 6.44. The highest BCUT2D eigenvalue weighted by Gasteiger charge is 2.57. The number of anilines is 1. The van der Waals surface area contributed by atoms with Gasteiger partial charge in [0.1, 0.15) is 0 Å². The largest absolute Gasteiger partial charge is 0.368 e. The molecule has 8 heteroatoms. The molecule has 2 amide bonds. The summed E-state index contributed by atoms with van der Waals surface area (Å²) in [4.78, 5) is 29.1. The Morgan fingerprint density at radius 3 is 2.37 bits per heavy atom. The predicted molar refractivity (Wildman–Crippen MR) is 125 cm³/mol. The first-order chi connectivity index (χ1) is 13.7. The van der Waals surface area contributed by atoms with E-state index in [9.17, 15) is 9.59 Å². The maximum Gasteiger partial charge on any atom is 0.223 e. The highest BCUT2D eigenvalue weighted by atomic mass is 35.5. The number of piperazine rings is 1.